The molecule has 0 aliphatic rings. The molecule has 0 saturated heterocycles. The first kappa shape index (κ1) is 24.4. The van der Waals surface area contributed by atoms with Gasteiger partial charge in [-0.2, -0.15) is 11.8 Å². The lowest BCUT2D eigenvalue weighted by Crippen LogP contribution is -2.51. The van der Waals surface area contributed by atoms with Crippen LogP contribution in [0, 0.1) is 0 Å². The summed E-state index contributed by atoms with van der Waals surface area (Å²) in [7, 11) is 1.16. The molecule has 2 aromatic rings. The summed E-state index contributed by atoms with van der Waals surface area (Å²) < 4.78 is 4.50. The van der Waals surface area contributed by atoms with Crippen LogP contribution in [0.15, 0.2) is 48.5 Å². The maximum absolute atomic E-state index is 12.1. The standard InChI is InChI=1S/C22H26N2O6S/c1-30-22(29)19(12-25)24-20(26)18(23)13-31-10-9-15-11-16(21(27)28)7-8-17(15)14-5-3-2-4-6-14/h2-8,11,18-19,25H,9-10,12-13,23H2,1H3,(H,24,26)(H,27,28). The number of thioether (sulfide) groups is 1. The summed E-state index contributed by atoms with van der Waals surface area (Å²) >= 11 is 1.44. The van der Waals surface area contributed by atoms with Crippen molar-refractivity contribution >= 4 is 29.6 Å². The molecular weight excluding hydrogens is 420 g/mol. The second-order valence-electron chi connectivity index (χ2n) is 6.74. The van der Waals surface area contributed by atoms with E-state index in [0.717, 1.165) is 23.8 Å². The summed E-state index contributed by atoms with van der Waals surface area (Å²) in [6, 6.07) is 12.7. The highest BCUT2D eigenvalue weighted by Crippen LogP contribution is 2.26. The van der Waals surface area contributed by atoms with E-state index in [1.54, 1.807) is 18.2 Å². The summed E-state index contributed by atoms with van der Waals surface area (Å²) in [5.41, 5.74) is 8.94. The average Bonchev–Trinajstić information content (AvgIpc) is 2.79. The number of hydrogen-bond donors (Lipinski definition) is 4. The van der Waals surface area contributed by atoms with Gasteiger partial charge in [0, 0.05) is 5.75 Å². The number of amides is 1. The second kappa shape index (κ2) is 12.1. The summed E-state index contributed by atoms with van der Waals surface area (Å²) in [6.45, 7) is -0.583. The number of rotatable bonds is 11. The fourth-order valence-corrected chi connectivity index (χ4v) is 3.84. The largest absolute Gasteiger partial charge is 0.478 e. The van der Waals surface area contributed by atoms with Crippen LogP contribution < -0.4 is 11.1 Å². The van der Waals surface area contributed by atoms with E-state index in [-0.39, 0.29) is 5.56 Å². The van der Waals surface area contributed by atoms with Crippen LogP contribution >= 0.6 is 11.8 Å². The van der Waals surface area contributed by atoms with Crippen molar-refractivity contribution in [2.24, 2.45) is 5.73 Å². The molecule has 0 saturated carbocycles. The molecule has 5 N–H and O–H groups in total. The van der Waals surface area contributed by atoms with Crippen LogP contribution in [-0.2, 0) is 20.7 Å². The quantitative estimate of drug-likeness (QED) is 0.299. The van der Waals surface area contributed by atoms with Crippen molar-refractivity contribution in [3.05, 3.63) is 59.7 Å². The summed E-state index contributed by atoms with van der Waals surface area (Å²) in [5, 5.41) is 20.8. The maximum atomic E-state index is 12.1. The van der Waals surface area contributed by atoms with Crippen LogP contribution in [0.5, 0.6) is 0 Å². The van der Waals surface area contributed by atoms with Crippen LogP contribution in [0.3, 0.4) is 0 Å². The summed E-state index contributed by atoms with van der Waals surface area (Å²) in [4.78, 5) is 34.9. The highest BCUT2D eigenvalue weighted by molar-refractivity contribution is 7.99. The third-order valence-electron chi connectivity index (χ3n) is 4.57. The van der Waals surface area contributed by atoms with E-state index in [0.29, 0.717) is 17.9 Å². The number of nitrogens with two attached hydrogens (primary N) is 1. The lowest BCUT2D eigenvalue weighted by molar-refractivity contribution is -0.146. The van der Waals surface area contributed by atoms with Gasteiger partial charge in [0.15, 0.2) is 6.04 Å². The van der Waals surface area contributed by atoms with Gasteiger partial charge in [-0.15, -0.1) is 0 Å². The molecular formula is C22H26N2O6S. The SMILES string of the molecule is COC(=O)C(CO)NC(=O)C(N)CSCCc1cc(C(=O)O)ccc1-c1ccccc1. The fourth-order valence-electron chi connectivity index (χ4n) is 2.90. The van der Waals surface area contributed by atoms with Gasteiger partial charge in [0.1, 0.15) is 0 Å². The minimum absolute atomic E-state index is 0.216. The number of hydrogen-bond acceptors (Lipinski definition) is 7. The Kier molecular flexibility index (Phi) is 9.51. The van der Waals surface area contributed by atoms with Crippen LogP contribution in [0.4, 0.5) is 0 Å². The van der Waals surface area contributed by atoms with Crippen LogP contribution in [0.1, 0.15) is 15.9 Å². The highest BCUT2D eigenvalue weighted by Gasteiger charge is 2.23. The normalized spacial score (nSPS) is 12.6. The number of carbonyl (C=O) groups is 3. The molecule has 0 aliphatic heterocycles. The molecule has 2 unspecified atom stereocenters. The van der Waals surface area contributed by atoms with Crippen molar-refractivity contribution in [2.45, 2.75) is 18.5 Å². The number of aliphatic hydroxyl groups excluding tert-OH is 1. The van der Waals surface area contributed by atoms with E-state index in [2.05, 4.69) is 10.1 Å². The zero-order valence-corrected chi connectivity index (χ0v) is 17.9. The number of carbonyl (C=O) groups excluding carboxylic acids is 2. The second-order valence-corrected chi connectivity index (χ2v) is 7.89. The van der Waals surface area contributed by atoms with Gasteiger partial charge in [0.25, 0.3) is 0 Å². The Morgan fingerprint density at radius 2 is 1.87 bits per heavy atom. The fraction of sp³-hybridized carbons (Fsp3) is 0.318. The van der Waals surface area contributed by atoms with Gasteiger partial charge in [-0.25, -0.2) is 9.59 Å². The molecule has 2 atom stereocenters. The van der Waals surface area contributed by atoms with Crippen molar-refractivity contribution < 1.29 is 29.3 Å². The number of aryl methyl sites for hydroxylation is 1. The molecule has 0 radical (unpaired) electrons. The number of aromatic carboxylic acids is 1. The van der Waals surface area contributed by atoms with Gasteiger partial charge < -0.3 is 26.0 Å². The Labute approximate surface area is 184 Å². The van der Waals surface area contributed by atoms with Crippen molar-refractivity contribution in [3.63, 3.8) is 0 Å². The Hall–Kier alpha value is -2.88. The van der Waals surface area contributed by atoms with Gasteiger partial charge in [0.2, 0.25) is 5.91 Å². The maximum Gasteiger partial charge on any atom is 0.335 e. The minimum atomic E-state index is -1.15. The number of methoxy groups -OCH3 is 1. The van der Waals surface area contributed by atoms with Gasteiger partial charge in [-0.3, -0.25) is 4.79 Å². The minimum Gasteiger partial charge on any atom is -0.478 e. The third kappa shape index (κ3) is 7.09. The zero-order chi connectivity index (χ0) is 22.8. The van der Waals surface area contributed by atoms with E-state index >= 15 is 0 Å². The Morgan fingerprint density at radius 1 is 1.16 bits per heavy atom. The van der Waals surface area contributed by atoms with E-state index in [9.17, 15) is 24.6 Å². The molecule has 8 nitrogen and oxygen atoms in total. The summed E-state index contributed by atoms with van der Waals surface area (Å²) in [6.07, 6.45) is 0.589. The molecule has 166 valence electrons. The first-order chi connectivity index (χ1) is 14.9. The lowest BCUT2D eigenvalue weighted by Gasteiger charge is -2.17. The first-order valence-corrected chi connectivity index (χ1v) is 10.8. The van der Waals surface area contributed by atoms with E-state index in [1.807, 2.05) is 30.3 Å². The van der Waals surface area contributed by atoms with Gasteiger partial charge in [-0.05, 0) is 41.0 Å². The number of benzene rings is 2. The molecule has 0 aliphatic carbocycles. The number of nitrogens with one attached hydrogen (secondary N) is 1. The molecule has 0 spiro atoms. The van der Waals surface area contributed by atoms with Crippen LogP contribution in [-0.4, -0.2) is 65.4 Å². The van der Waals surface area contributed by atoms with Gasteiger partial charge in [0.05, 0.1) is 25.3 Å². The van der Waals surface area contributed by atoms with Crippen LogP contribution in [0.25, 0.3) is 11.1 Å². The summed E-state index contributed by atoms with van der Waals surface area (Å²) in [5.74, 6) is -1.39. The van der Waals surface area contributed by atoms with Gasteiger partial charge >= 0.3 is 11.9 Å². The molecule has 0 aromatic heterocycles. The van der Waals surface area contributed by atoms with E-state index in [4.69, 9.17) is 5.73 Å². The van der Waals surface area contributed by atoms with Gasteiger partial charge in [-0.1, -0.05) is 36.4 Å². The first-order valence-electron chi connectivity index (χ1n) is 9.61. The topological polar surface area (TPSA) is 139 Å². The molecule has 0 bridgehead atoms. The van der Waals surface area contributed by atoms with E-state index in [1.165, 1.54) is 11.8 Å². The smallest absolute Gasteiger partial charge is 0.335 e. The van der Waals surface area contributed by atoms with Crippen molar-refractivity contribution in [3.8, 4) is 11.1 Å². The van der Waals surface area contributed by atoms with Crippen molar-refractivity contribution in [2.75, 3.05) is 25.2 Å². The Balaban J connectivity index is 1.97. The zero-order valence-electron chi connectivity index (χ0n) is 17.1. The predicted molar refractivity (Wildman–Crippen MR) is 119 cm³/mol. The highest BCUT2D eigenvalue weighted by atomic mass is 32.2. The molecule has 31 heavy (non-hydrogen) atoms. The molecule has 9 heteroatoms. The monoisotopic (exact) mass is 446 g/mol. The van der Waals surface area contributed by atoms with Crippen LogP contribution in [0.2, 0.25) is 0 Å². The Bertz CT molecular complexity index is 906. The predicted octanol–water partition coefficient (Wildman–Crippen LogP) is 1.30. The van der Waals surface area contributed by atoms with Crippen molar-refractivity contribution in [1.82, 2.24) is 5.32 Å². The van der Waals surface area contributed by atoms with Crippen molar-refractivity contribution in [1.29, 1.82) is 0 Å². The average molecular weight is 447 g/mol. The number of carboxylic acid groups (broad SMARTS) is 1. The molecule has 0 heterocycles. The Morgan fingerprint density at radius 3 is 2.48 bits per heavy atom. The number of carboxylic acids is 1. The number of esters is 1. The number of aliphatic hydroxyl groups is 1. The number of ether oxygens (including phenoxy) is 1. The lowest BCUT2D eigenvalue weighted by atomic mass is 9.96. The molecule has 2 rings (SSSR count). The molecule has 1 amide bonds. The molecule has 0 fully saturated rings. The van der Waals surface area contributed by atoms with E-state index < -0.39 is 36.5 Å². The third-order valence-corrected chi connectivity index (χ3v) is 5.66. The molecule has 2 aromatic carbocycles.